The predicted octanol–water partition coefficient (Wildman–Crippen LogP) is 4.83. The van der Waals surface area contributed by atoms with Crippen molar-refractivity contribution in [2.24, 2.45) is 0 Å². The molecule has 0 aromatic heterocycles. The van der Waals surface area contributed by atoms with Crippen molar-refractivity contribution in [1.82, 2.24) is 0 Å². The van der Waals surface area contributed by atoms with E-state index >= 15 is 0 Å². The summed E-state index contributed by atoms with van der Waals surface area (Å²) in [5.41, 5.74) is 2.96. The monoisotopic (exact) mass is 309 g/mol. The van der Waals surface area contributed by atoms with Crippen LogP contribution < -0.4 is 10.1 Å². The molecule has 0 unspecified atom stereocenters. The van der Waals surface area contributed by atoms with E-state index in [0.29, 0.717) is 0 Å². The summed E-state index contributed by atoms with van der Waals surface area (Å²) in [4.78, 5) is 11.9. The van der Waals surface area contributed by atoms with Crippen LogP contribution in [0.5, 0.6) is 5.75 Å². The number of hydrogen-bond donors (Lipinski definition) is 1. The number of ether oxygens (including phenoxy) is 1. The molecule has 1 N–H and O–H groups in total. The lowest BCUT2D eigenvalue weighted by molar-refractivity contribution is -0.111. The Morgan fingerprint density at radius 2 is 1.78 bits per heavy atom. The summed E-state index contributed by atoms with van der Waals surface area (Å²) in [6, 6.07) is 15.5. The first-order valence-corrected chi connectivity index (χ1v) is 7.96. The molecule has 0 atom stereocenters. The molecule has 0 aliphatic carbocycles. The largest absolute Gasteiger partial charge is 0.494 e. The van der Waals surface area contributed by atoms with E-state index < -0.39 is 0 Å². The standard InChI is InChI=1S/C20H23NO2/c1-3-4-15-23-19-12-10-18(11-13-19)21-20(22)14-9-17-7-5-16(2)6-8-17/h5-14H,3-4,15H2,1-2H3,(H,21,22). The topological polar surface area (TPSA) is 38.3 Å². The SMILES string of the molecule is CCCCOc1ccc(NC(=O)C=Cc2ccc(C)cc2)cc1. The van der Waals surface area contributed by atoms with Crippen LogP contribution in [0, 0.1) is 6.92 Å². The van der Waals surface area contributed by atoms with Gasteiger partial charge in [0.1, 0.15) is 5.75 Å². The van der Waals surface area contributed by atoms with Crippen LogP contribution in [0.15, 0.2) is 54.6 Å². The lowest BCUT2D eigenvalue weighted by Gasteiger charge is -2.07. The second-order valence-electron chi connectivity index (χ2n) is 5.46. The number of aryl methyl sites for hydroxylation is 1. The van der Waals surface area contributed by atoms with Gasteiger partial charge in [0.25, 0.3) is 0 Å². The van der Waals surface area contributed by atoms with Crippen molar-refractivity contribution < 1.29 is 9.53 Å². The number of carbonyl (C=O) groups is 1. The van der Waals surface area contributed by atoms with Crippen LogP contribution >= 0.6 is 0 Å². The fraction of sp³-hybridized carbons (Fsp3) is 0.250. The van der Waals surface area contributed by atoms with E-state index in [4.69, 9.17) is 4.74 Å². The highest BCUT2D eigenvalue weighted by molar-refractivity contribution is 6.01. The maximum absolute atomic E-state index is 11.9. The molecular formula is C20H23NO2. The summed E-state index contributed by atoms with van der Waals surface area (Å²) in [5.74, 6) is 0.678. The van der Waals surface area contributed by atoms with Crippen LogP contribution in [-0.4, -0.2) is 12.5 Å². The normalized spacial score (nSPS) is 10.7. The van der Waals surface area contributed by atoms with Crippen molar-refractivity contribution in [1.29, 1.82) is 0 Å². The van der Waals surface area contributed by atoms with Gasteiger partial charge in [-0.25, -0.2) is 0 Å². The van der Waals surface area contributed by atoms with E-state index in [1.54, 1.807) is 6.08 Å². The first-order valence-electron chi connectivity index (χ1n) is 7.96. The lowest BCUT2D eigenvalue weighted by atomic mass is 10.1. The first kappa shape index (κ1) is 16.8. The molecule has 0 fully saturated rings. The van der Waals surface area contributed by atoms with Crippen molar-refractivity contribution in [2.45, 2.75) is 26.7 Å². The van der Waals surface area contributed by atoms with Gasteiger partial charge in [-0.2, -0.15) is 0 Å². The first-order chi connectivity index (χ1) is 11.2. The second kappa shape index (κ2) is 8.79. The molecule has 2 aromatic carbocycles. The molecule has 1 amide bonds. The van der Waals surface area contributed by atoms with Crippen molar-refractivity contribution in [3.63, 3.8) is 0 Å². The maximum atomic E-state index is 11.9. The molecular weight excluding hydrogens is 286 g/mol. The molecule has 0 saturated heterocycles. The molecule has 0 aliphatic rings. The van der Waals surface area contributed by atoms with Gasteiger partial charge in [0.15, 0.2) is 0 Å². The molecule has 120 valence electrons. The smallest absolute Gasteiger partial charge is 0.248 e. The minimum absolute atomic E-state index is 0.148. The molecule has 0 aliphatic heterocycles. The Hall–Kier alpha value is -2.55. The van der Waals surface area contributed by atoms with E-state index in [2.05, 4.69) is 12.2 Å². The molecule has 23 heavy (non-hydrogen) atoms. The van der Waals surface area contributed by atoms with Gasteiger partial charge in [-0.15, -0.1) is 0 Å². The zero-order chi connectivity index (χ0) is 16.5. The number of rotatable bonds is 7. The number of unbranched alkanes of at least 4 members (excludes halogenated alkanes) is 1. The van der Waals surface area contributed by atoms with Crippen molar-refractivity contribution >= 4 is 17.7 Å². The predicted molar refractivity (Wildman–Crippen MR) is 95.7 cm³/mol. The van der Waals surface area contributed by atoms with Crippen LogP contribution in [0.4, 0.5) is 5.69 Å². The Balaban J connectivity index is 1.86. The highest BCUT2D eigenvalue weighted by atomic mass is 16.5. The van der Waals surface area contributed by atoms with Crippen LogP contribution in [-0.2, 0) is 4.79 Å². The third-order valence-electron chi connectivity index (χ3n) is 3.39. The maximum Gasteiger partial charge on any atom is 0.248 e. The van der Waals surface area contributed by atoms with Crippen LogP contribution in [0.1, 0.15) is 30.9 Å². The summed E-state index contributed by atoms with van der Waals surface area (Å²) < 4.78 is 5.59. The lowest BCUT2D eigenvalue weighted by Crippen LogP contribution is -2.07. The number of nitrogens with one attached hydrogen (secondary N) is 1. The summed E-state index contributed by atoms with van der Waals surface area (Å²) in [6.45, 7) is 4.89. The number of anilines is 1. The highest BCUT2D eigenvalue weighted by Gasteiger charge is 1.99. The van der Waals surface area contributed by atoms with E-state index in [-0.39, 0.29) is 5.91 Å². The summed E-state index contributed by atoms with van der Waals surface area (Å²) in [7, 11) is 0. The van der Waals surface area contributed by atoms with E-state index in [0.717, 1.165) is 36.4 Å². The fourth-order valence-corrected chi connectivity index (χ4v) is 2.00. The highest BCUT2D eigenvalue weighted by Crippen LogP contribution is 2.16. The molecule has 2 rings (SSSR count). The molecule has 0 radical (unpaired) electrons. The molecule has 0 saturated carbocycles. The summed E-state index contributed by atoms with van der Waals surface area (Å²) in [5, 5.41) is 2.84. The van der Waals surface area contributed by atoms with Crippen molar-refractivity contribution in [2.75, 3.05) is 11.9 Å². The van der Waals surface area contributed by atoms with Crippen LogP contribution in [0.25, 0.3) is 6.08 Å². The van der Waals surface area contributed by atoms with Gasteiger partial charge in [0.2, 0.25) is 5.91 Å². The van der Waals surface area contributed by atoms with Crippen LogP contribution in [0.3, 0.4) is 0 Å². The molecule has 2 aromatic rings. The van der Waals surface area contributed by atoms with Gasteiger partial charge in [-0.05, 0) is 49.2 Å². The number of benzene rings is 2. The van der Waals surface area contributed by atoms with Gasteiger partial charge in [0.05, 0.1) is 6.61 Å². The Morgan fingerprint density at radius 3 is 2.43 bits per heavy atom. The Morgan fingerprint density at radius 1 is 1.09 bits per heavy atom. The Labute approximate surface area is 138 Å². The molecule has 3 nitrogen and oxygen atoms in total. The third-order valence-corrected chi connectivity index (χ3v) is 3.39. The Bertz CT molecular complexity index is 642. The second-order valence-corrected chi connectivity index (χ2v) is 5.46. The molecule has 3 heteroatoms. The average Bonchev–Trinajstić information content (AvgIpc) is 2.56. The zero-order valence-corrected chi connectivity index (χ0v) is 13.7. The molecule has 0 spiro atoms. The van der Waals surface area contributed by atoms with Crippen LogP contribution in [0.2, 0.25) is 0 Å². The van der Waals surface area contributed by atoms with E-state index in [1.807, 2.05) is 55.5 Å². The van der Waals surface area contributed by atoms with Gasteiger partial charge in [-0.3, -0.25) is 4.79 Å². The summed E-state index contributed by atoms with van der Waals surface area (Å²) in [6.07, 6.45) is 5.50. The van der Waals surface area contributed by atoms with Crippen molar-refractivity contribution in [3.8, 4) is 5.75 Å². The van der Waals surface area contributed by atoms with E-state index in [9.17, 15) is 4.79 Å². The molecule has 0 heterocycles. The van der Waals surface area contributed by atoms with Crippen molar-refractivity contribution in [3.05, 3.63) is 65.7 Å². The average molecular weight is 309 g/mol. The van der Waals surface area contributed by atoms with Gasteiger partial charge >= 0.3 is 0 Å². The van der Waals surface area contributed by atoms with Gasteiger partial charge < -0.3 is 10.1 Å². The third kappa shape index (κ3) is 5.99. The quantitative estimate of drug-likeness (QED) is 0.588. The van der Waals surface area contributed by atoms with E-state index in [1.165, 1.54) is 11.6 Å². The fourth-order valence-electron chi connectivity index (χ4n) is 2.00. The van der Waals surface area contributed by atoms with Gasteiger partial charge in [-0.1, -0.05) is 43.2 Å². The number of amides is 1. The minimum Gasteiger partial charge on any atom is -0.494 e. The number of hydrogen-bond acceptors (Lipinski definition) is 2. The number of carbonyl (C=O) groups excluding carboxylic acids is 1. The minimum atomic E-state index is -0.148. The Kier molecular flexibility index (Phi) is 6.42. The van der Waals surface area contributed by atoms with Gasteiger partial charge in [0, 0.05) is 11.8 Å². The summed E-state index contributed by atoms with van der Waals surface area (Å²) >= 11 is 0. The molecule has 0 bridgehead atoms. The zero-order valence-electron chi connectivity index (χ0n) is 13.7.